The summed E-state index contributed by atoms with van der Waals surface area (Å²) in [4.78, 5) is 57.7. The lowest BCUT2D eigenvalue weighted by Gasteiger charge is -2.14. The van der Waals surface area contributed by atoms with E-state index in [0.29, 0.717) is 37.5 Å². The summed E-state index contributed by atoms with van der Waals surface area (Å²) in [6.45, 7) is 3.78. The molecular formula is C25H20N4O4S. The monoisotopic (exact) mass is 472 g/mol. The number of carbonyl (C=O) groups is 3. The number of nitrogens with one attached hydrogen (secondary N) is 1. The SMILES string of the molecule is Cc1ccccc1NC(=O)c1sc2ncn(CCN3C(=O)c4ccccc4C3=O)c(=O)c2c1C. The van der Waals surface area contributed by atoms with Gasteiger partial charge in [-0.3, -0.25) is 28.6 Å². The van der Waals surface area contributed by atoms with Gasteiger partial charge in [-0.15, -0.1) is 11.3 Å². The summed E-state index contributed by atoms with van der Waals surface area (Å²) in [6.07, 6.45) is 1.39. The second kappa shape index (κ2) is 8.35. The van der Waals surface area contributed by atoms with E-state index in [-0.39, 0.29) is 36.4 Å². The van der Waals surface area contributed by atoms with Crippen molar-refractivity contribution < 1.29 is 14.4 Å². The highest BCUT2D eigenvalue weighted by atomic mass is 32.1. The maximum Gasteiger partial charge on any atom is 0.266 e. The summed E-state index contributed by atoms with van der Waals surface area (Å²) in [6, 6.07) is 14.1. The fraction of sp³-hybridized carbons (Fsp3) is 0.160. The maximum atomic E-state index is 13.2. The molecule has 0 bridgehead atoms. The molecule has 4 aromatic rings. The Hall–Kier alpha value is -4.11. The third-order valence-corrected chi connectivity index (χ3v) is 7.16. The van der Waals surface area contributed by atoms with Gasteiger partial charge in [0, 0.05) is 18.8 Å². The zero-order valence-electron chi connectivity index (χ0n) is 18.5. The van der Waals surface area contributed by atoms with Crippen LogP contribution < -0.4 is 10.9 Å². The van der Waals surface area contributed by atoms with E-state index in [1.807, 2.05) is 31.2 Å². The van der Waals surface area contributed by atoms with Crippen LogP contribution in [-0.2, 0) is 6.54 Å². The Morgan fingerprint density at radius 1 is 0.941 bits per heavy atom. The molecular weight excluding hydrogens is 452 g/mol. The number of anilines is 1. The smallest absolute Gasteiger partial charge is 0.266 e. The molecule has 170 valence electrons. The summed E-state index contributed by atoms with van der Waals surface area (Å²) in [7, 11) is 0. The first kappa shape index (κ1) is 21.7. The number of imide groups is 1. The molecule has 3 amide bonds. The fourth-order valence-corrected chi connectivity index (χ4v) is 5.11. The molecule has 2 aromatic carbocycles. The van der Waals surface area contributed by atoms with E-state index in [9.17, 15) is 19.2 Å². The highest BCUT2D eigenvalue weighted by molar-refractivity contribution is 7.20. The van der Waals surface area contributed by atoms with Crippen molar-refractivity contribution in [3.8, 4) is 0 Å². The number of rotatable bonds is 5. The van der Waals surface area contributed by atoms with Gasteiger partial charge in [0.15, 0.2) is 0 Å². The van der Waals surface area contributed by atoms with Gasteiger partial charge >= 0.3 is 0 Å². The zero-order chi connectivity index (χ0) is 24.0. The largest absolute Gasteiger partial charge is 0.321 e. The summed E-state index contributed by atoms with van der Waals surface area (Å²) in [5.74, 6) is -1.04. The van der Waals surface area contributed by atoms with E-state index in [4.69, 9.17) is 0 Å². The minimum Gasteiger partial charge on any atom is -0.321 e. The first-order chi connectivity index (χ1) is 16.4. The summed E-state index contributed by atoms with van der Waals surface area (Å²) in [5, 5.41) is 3.26. The van der Waals surface area contributed by atoms with Crippen LogP contribution in [0.1, 0.15) is 41.5 Å². The third kappa shape index (κ3) is 3.50. The molecule has 2 aromatic heterocycles. The first-order valence-electron chi connectivity index (χ1n) is 10.7. The quantitative estimate of drug-likeness (QED) is 0.447. The molecule has 0 saturated carbocycles. The Balaban J connectivity index is 1.40. The van der Waals surface area contributed by atoms with Crippen LogP contribution in [0.15, 0.2) is 59.7 Å². The van der Waals surface area contributed by atoms with Gasteiger partial charge in [0.25, 0.3) is 23.3 Å². The molecule has 0 spiro atoms. The van der Waals surface area contributed by atoms with Gasteiger partial charge in [-0.1, -0.05) is 30.3 Å². The predicted molar refractivity (Wildman–Crippen MR) is 130 cm³/mol. The minimum absolute atomic E-state index is 0.0449. The van der Waals surface area contributed by atoms with Gasteiger partial charge in [-0.05, 0) is 43.2 Å². The summed E-state index contributed by atoms with van der Waals surface area (Å²) < 4.78 is 1.37. The molecule has 0 saturated heterocycles. The van der Waals surface area contributed by atoms with Crippen molar-refractivity contribution in [3.63, 3.8) is 0 Å². The van der Waals surface area contributed by atoms with E-state index in [1.165, 1.54) is 10.9 Å². The molecule has 0 fully saturated rings. The first-order valence-corrected chi connectivity index (χ1v) is 11.5. The van der Waals surface area contributed by atoms with Gasteiger partial charge in [-0.25, -0.2) is 4.98 Å². The van der Waals surface area contributed by atoms with Crippen LogP contribution in [0, 0.1) is 13.8 Å². The van der Waals surface area contributed by atoms with Gasteiger partial charge in [0.05, 0.1) is 27.7 Å². The van der Waals surface area contributed by atoms with Crippen LogP contribution >= 0.6 is 11.3 Å². The predicted octanol–water partition coefficient (Wildman–Crippen LogP) is 3.62. The molecule has 0 radical (unpaired) electrons. The Morgan fingerprint density at radius 2 is 1.59 bits per heavy atom. The number of thiophene rings is 1. The zero-order valence-corrected chi connectivity index (χ0v) is 19.3. The van der Waals surface area contributed by atoms with Crippen molar-refractivity contribution in [2.45, 2.75) is 20.4 Å². The Kier molecular flexibility index (Phi) is 5.33. The number of benzene rings is 2. The van der Waals surface area contributed by atoms with Gasteiger partial charge < -0.3 is 5.32 Å². The van der Waals surface area contributed by atoms with Crippen LogP contribution in [-0.4, -0.2) is 38.7 Å². The van der Waals surface area contributed by atoms with Crippen LogP contribution in [0.4, 0.5) is 5.69 Å². The lowest BCUT2D eigenvalue weighted by atomic mass is 10.1. The van der Waals surface area contributed by atoms with Gasteiger partial charge in [0.1, 0.15) is 4.83 Å². The van der Waals surface area contributed by atoms with Crippen LogP contribution in [0.3, 0.4) is 0 Å². The Bertz CT molecular complexity index is 1520. The van der Waals surface area contributed by atoms with Crippen molar-refractivity contribution in [2.75, 3.05) is 11.9 Å². The van der Waals surface area contributed by atoms with Crippen molar-refractivity contribution in [3.05, 3.63) is 92.3 Å². The Labute approximate surface area is 198 Å². The van der Waals surface area contributed by atoms with Gasteiger partial charge in [-0.2, -0.15) is 0 Å². The number of nitrogens with zero attached hydrogens (tertiary/aromatic N) is 3. The fourth-order valence-electron chi connectivity index (χ4n) is 4.08. The van der Waals surface area contributed by atoms with Crippen LogP contribution in [0.2, 0.25) is 0 Å². The number of aryl methyl sites for hydroxylation is 2. The van der Waals surface area contributed by atoms with E-state index in [2.05, 4.69) is 10.3 Å². The molecule has 0 unspecified atom stereocenters. The molecule has 8 nitrogen and oxygen atoms in total. The topological polar surface area (TPSA) is 101 Å². The molecule has 5 rings (SSSR count). The standard InChI is InChI=1S/C25H20N4O4S/c1-14-7-3-6-10-18(14)27-21(30)20-15(2)19-22(34-20)26-13-28(25(19)33)11-12-29-23(31)16-8-4-5-9-17(16)24(29)32/h3-10,13H,11-12H2,1-2H3,(H,27,30). The number of fused-ring (bicyclic) bond motifs is 2. The van der Waals surface area contributed by atoms with E-state index in [0.717, 1.165) is 21.8 Å². The lowest BCUT2D eigenvalue weighted by molar-refractivity contribution is 0.0648. The highest BCUT2D eigenvalue weighted by Gasteiger charge is 2.34. The van der Waals surface area contributed by atoms with Crippen LogP contribution in [0.5, 0.6) is 0 Å². The summed E-state index contributed by atoms with van der Waals surface area (Å²) in [5.41, 5.74) is 2.61. The van der Waals surface area contributed by atoms with E-state index < -0.39 is 0 Å². The molecule has 34 heavy (non-hydrogen) atoms. The second-order valence-electron chi connectivity index (χ2n) is 8.06. The Morgan fingerprint density at radius 3 is 2.26 bits per heavy atom. The molecule has 0 atom stereocenters. The van der Waals surface area contributed by atoms with Crippen LogP contribution in [0.25, 0.3) is 10.2 Å². The number of para-hydroxylation sites is 1. The van der Waals surface area contributed by atoms with E-state index >= 15 is 0 Å². The number of hydrogen-bond acceptors (Lipinski definition) is 6. The third-order valence-electron chi connectivity index (χ3n) is 5.96. The normalized spacial score (nSPS) is 12.9. The molecule has 3 heterocycles. The number of hydrogen-bond donors (Lipinski definition) is 1. The van der Waals surface area contributed by atoms with Crippen molar-refractivity contribution in [1.82, 2.24) is 14.5 Å². The lowest BCUT2D eigenvalue weighted by Crippen LogP contribution is -2.35. The van der Waals surface area contributed by atoms with Crippen molar-refractivity contribution in [1.29, 1.82) is 0 Å². The molecule has 0 aliphatic carbocycles. The maximum absolute atomic E-state index is 13.2. The number of aromatic nitrogens is 2. The average Bonchev–Trinajstić information content (AvgIpc) is 3.30. The average molecular weight is 473 g/mol. The van der Waals surface area contributed by atoms with Gasteiger partial charge in [0.2, 0.25) is 0 Å². The van der Waals surface area contributed by atoms with E-state index in [1.54, 1.807) is 31.2 Å². The second-order valence-corrected chi connectivity index (χ2v) is 9.06. The van der Waals surface area contributed by atoms with Crippen molar-refractivity contribution in [2.24, 2.45) is 0 Å². The molecule has 1 aliphatic heterocycles. The van der Waals surface area contributed by atoms with Crippen molar-refractivity contribution >= 4 is 45.0 Å². The number of amides is 3. The number of carbonyl (C=O) groups excluding carboxylic acids is 3. The summed E-state index contributed by atoms with van der Waals surface area (Å²) >= 11 is 1.16. The molecule has 1 aliphatic rings. The molecule has 1 N–H and O–H groups in total. The minimum atomic E-state index is -0.371. The highest BCUT2D eigenvalue weighted by Crippen LogP contribution is 2.28. The molecule has 9 heteroatoms.